The summed E-state index contributed by atoms with van der Waals surface area (Å²) in [5.74, 6) is -2.59. The monoisotopic (exact) mass is 531 g/mol. The third-order valence-electron chi connectivity index (χ3n) is 8.20. The zero-order valence-corrected chi connectivity index (χ0v) is 20.9. The van der Waals surface area contributed by atoms with Crippen LogP contribution in [0.4, 0.5) is 17.1 Å². The molecular weight excluding hydrogens is 510 g/mol. The van der Waals surface area contributed by atoms with Crippen LogP contribution in [0.1, 0.15) is 32.0 Å². The van der Waals surface area contributed by atoms with Gasteiger partial charge >= 0.3 is 0 Å². The van der Waals surface area contributed by atoms with Crippen LogP contribution in [0, 0.1) is 16.0 Å². The first-order valence-electron chi connectivity index (χ1n) is 12.8. The van der Waals surface area contributed by atoms with Crippen LogP contribution in [0.5, 0.6) is 0 Å². The molecule has 40 heavy (non-hydrogen) atoms. The topological polar surface area (TPSA) is 123 Å². The van der Waals surface area contributed by atoms with Crippen molar-refractivity contribution in [1.29, 1.82) is 0 Å². The highest BCUT2D eigenvalue weighted by atomic mass is 16.6. The van der Waals surface area contributed by atoms with Gasteiger partial charge in [-0.1, -0.05) is 60.7 Å². The summed E-state index contributed by atoms with van der Waals surface area (Å²) in [5, 5.41) is 14.5. The fourth-order valence-corrected chi connectivity index (χ4v) is 6.64. The number of nitro benzene ring substituents is 1. The van der Waals surface area contributed by atoms with E-state index in [1.807, 2.05) is 47.4 Å². The molecule has 1 amide bonds. The van der Waals surface area contributed by atoms with Crippen LogP contribution in [0.2, 0.25) is 0 Å². The first kappa shape index (κ1) is 23.8. The molecule has 0 saturated carbocycles. The molecule has 9 nitrogen and oxygen atoms in total. The maximum atomic E-state index is 14.5. The van der Waals surface area contributed by atoms with Gasteiger partial charge in [0.2, 0.25) is 11.7 Å². The first-order valence-corrected chi connectivity index (χ1v) is 12.8. The van der Waals surface area contributed by atoms with Gasteiger partial charge < -0.3 is 14.6 Å². The second-order valence-electron chi connectivity index (χ2n) is 10.1. The molecular formula is C31H21N3O6. The van der Waals surface area contributed by atoms with E-state index in [4.69, 9.17) is 4.42 Å². The predicted octanol–water partition coefficient (Wildman–Crippen LogP) is 5.04. The van der Waals surface area contributed by atoms with Crippen molar-refractivity contribution >= 4 is 40.6 Å². The second-order valence-corrected chi connectivity index (χ2v) is 10.1. The zero-order valence-electron chi connectivity index (χ0n) is 20.9. The molecule has 1 fully saturated rings. The Morgan fingerprint density at radius 1 is 0.950 bits per heavy atom. The highest BCUT2D eigenvalue weighted by molar-refractivity contribution is 6.18. The predicted molar refractivity (Wildman–Crippen MR) is 146 cm³/mol. The largest absolute Gasteiger partial charge is 0.461 e. The third-order valence-corrected chi connectivity index (χ3v) is 8.20. The molecule has 1 spiro atoms. The number of hydrogen-bond donors (Lipinski definition) is 1. The van der Waals surface area contributed by atoms with Gasteiger partial charge in [0, 0.05) is 29.1 Å². The molecule has 0 bridgehead atoms. The van der Waals surface area contributed by atoms with E-state index in [0.717, 1.165) is 5.56 Å². The van der Waals surface area contributed by atoms with Crippen molar-refractivity contribution in [1.82, 2.24) is 0 Å². The van der Waals surface area contributed by atoms with Crippen LogP contribution in [-0.2, 0) is 10.2 Å². The number of carbonyl (C=O) groups excluding carboxylic acids is 3. The Bertz CT molecular complexity index is 1760. The lowest BCUT2D eigenvalue weighted by atomic mass is 9.64. The summed E-state index contributed by atoms with van der Waals surface area (Å²) in [6, 6.07) is 21.3. The van der Waals surface area contributed by atoms with Crippen molar-refractivity contribution < 1.29 is 23.7 Å². The van der Waals surface area contributed by atoms with Gasteiger partial charge in [0.1, 0.15) is 11.5 Å². The van der Waals surface area contributed by atoms with E-state index in [1.165, 1.54) is 36.6 Å². The van der Waals surface area contributed by atoms with Gasteiger partial charge in [-0.25, -0.2) is 0 Å². The van der Waals surface area contributed by atoms with Gasteiger partial charge in [-0.3, -0.25) is 24.5 Å². The summed E-state index contributed by atoms with van der Waals surface area (Å²) in [7, 11) is 0. The summed E-state index contributed by atoms with van der Waals surface area (Å²) in [4.78, 5) is 56.0. The summed E-state index contributed by atoms with van der Waals surface area (Å²) in [5.41, 5.74) is 1.04. The lowest BCUT2D eigenvalue weighted by molar-refractivity contribution is -0.384. The molecule has 4 heterocycles. The van der Waals surface area contributed by atoms with Crippen LogP contribution in [0.3, 0.4) is 0 Å². The van der Waals surface area contributed by atoms with E-state index in [0.29, 0.717) is 16.9 Å². The maximum absolute atomic E-state index is 14.5. The highest BCUT2D eigenvalue weighted by Gasteiger charge is 2.70. The highest BCUT2D eigenvalue weighted by Crippen LogP contribution is 2.58. The summed E-state index contributed by atoms with van der Waals surface area (Å²) < 4.78 is 5.52. The van der Waals surface area contributed by atoms with E-state index in [9.17, 15) is 24.5 Å². The van der Waals surface area contributed by atoms with Crippen molar-refractivity contribution in [2.75, 3.05) is 10.2 Å². The molecule has 0 aliphatic carbocycles. The summed E-state index contributed by atoms with van der Waals surface area (Å²) >= 11 is 0. The van der Waals surface area contributed by atoms with E-state index in [-0.39, 0.29) is 17.0 Å². The van der Waals surface area contributed by atoms with Crippen LogP contribution in [-0.4, -0.2) is 34.5 Å². The minimum absolute atomic E-state index is 0.0236. The Kier molecular flexibility index (Phi) is 5.11. The number of nitro groups is 1. The lowest BCUT2D eigenvalue weighted by Crippen LogP contribution is -2.51. The Morgan fingerprint density at radius 3 is 2.55 bits per heavy atom. The van der Waals surface area contributed by atoms with Gasteiger partial charge in [0.25, 0.3) is 5.69 Å². The lowest BCUT2D eigenvalue weighted by Gasteiger charge is -2.37. The Morgan fingerprint density at radius 2 is 1.75 bits per heavy atom. The van der Waals surface area contributed by atoms with Crippen molar-refractivity contribution in [2.24, 2.45) is 5.92 Å². The number of ketones is 2. The molecule has 0 unspecified atom stereocenters. The summed E-state index contributed by atoms with van der Waals surface area (Å²) in [6.07, 6.45) is 5.14. The maximum Gasteiger partial charge on any atom is 0.270 e. The number of non-ortho nitro benzene ring substituents is 1. The number of furan rings is 1. The molecule has 7 rings (SSSR count). The van der Waals surface area contributed by atoms with E-state index >= 15 is 0 Å². The number of Topliss-reactive ketones (excluding diaryl/α,β-unsaturated/α-hetero) is 2. The normalized spacial score (nSPS) is 23.9. The number of benzene rings is 3. The number of nitrogens with one attached hydrogen (secondary N) is 1. The Labute approximate surface area is 227 Å². The zero-order chi connectivity index (χ0) is 27.6. The van der Waals surface area contributed by atoms with Gasteiger partial charge in [-0.2, -0.15) is 0 Å². The molecule has 3 aromatic carbocycles. The van der Waals surface area contributed by atoms with E-state index in [2.05, 4.69) is 5.32 Å². The molecule has 4 aromatic rings. The number of fused-ring (bicyclic) bond motifs is 6. The SMILES string of the molecule is O=C(c1cccc([N+](=O)[O-])c1)[C@@H]1[C@H](C(=O)c2ccco2)[C@@]2(C(=O)Nc3ccccc32)[C@H]2C=Cc3ccccc3N12. The number of para-hydroxylation sites is 2. The average molecular weight is 532 g/mol. The fourth-order valence-electron chi connectivity index (χ4n) is 6.64. The van der Waals surface area contributed by atoms with E-state index in [1.54, 1.807) is 24.3 Å². The summed E-state index contributed by atoms with van der Waals surface area (Å²) in [6.45, 7) is 0. The van der Waals surface area contributed by atoms with Crippen LogP contribution in [0.15, 0.2) is 102 Å². The van der Waals surface area contributed by atoms with Gasteiger partial charge in [0.15, 0.2) is 11.5 Å². The smallest absolute Gasteiger partial charge is 0.270 e. The molecule has 4 atom stereocenters. The fraction of sp³-hybridized carbons (Fsp3) is 0.129. The number of nitrogens with zero attached hydrogens (tertiary/aromatic N) is 2. The van der Waals surface area contributed by atoms with Crippen molar-refractivity contribution in [2.45, 2.75) is 17.5 Å². The molecule has 196 valence electrons. The Balaban J connectivity index is 1.53. The van der Waals surface area contributed by atoms with Crippen molar-refractivity contribution in [3.8, 4) is 0 Å². The molecule has 1 N–H and O–H groups in total. The molecule has 9 heteroatoms. The number of amides is 1. The van der Waals surface area contributed by atoms with Gasteiger partial charge in [-0.05, 0) is 35.4 Å². The van der Waals surface area contributed by atoms with Gasteiger partial charge in [-0.15, -0.1) is 0 Å². The Hall–Kier alpha value is -5.31. The van der Waals surface area contributed by atoms with Crippen molar-refractivity contribution in [3.05, 3.63) is 130 Å². The molecule has 0 radical (unpaired) electrons. The van der Waals surface area contributed by atoms with Crippen LogP contribution >= 0.6 is 0 Å². The van der Waals surface area contributed by atoms with Gasteiger partial charge in [0.05, 0.1) is 23.1 Å². The number of anilines is 2. The minimum atomic E-state index is -1.48. The number of carbonyl (C=O) groups is 3. The average Bonchev–Trinajstić information content (AvgIpc) is 3.69. The van der Waals surface area contributed by atoms with Crippen LogP contribution < -0.4 is 10.2 Å². The standard InChI is InChI=1S/C31H21N3O6/c35-28(19-8-5-9-20(17-19)34(38)39)27-26(29(36)24-13-6-16-40-24)31(21-10-2-3-11-22(21)32-30(31)37)25-15-14-18-7-1-4-12-23(18)33(25)27/h1-17,25-27H,(H,32,37)/t25-,26-,27+,31+/m1/s1. The molecule has 1 saturated heterocycles. The molecule has 3 aliphatic rings. The van der Waals surface area contributed by atoms with Crippen LogP contribution in [0.25, 0.3) is 6.08 Å². The third kappa shape index (κ3) is 3.11. The quantitative estimate of drug-likeness (QED) is 0.217. The first-order chi connectivity index (χ1) is 19.4. The van der Waals surface area contributed by atoms with Crippen molar-refractivity contribution in [3.63, 3.8) is 0 Å². The molecule has 1 aromatic heterocycles. The minimum Gasteiger partial charge on any atom is -0.461 e. The molecule has 3 aliphatic heterocycles. The second kappa shape index (κ2) is 8.60. The van der Waals surface area contributed by atoms with E-state index < -0.39 is 45.8 Å². The number of hydrogen-bond acceptors (Lipinski definition) is 7. The number of rotatable bonds is 5.